The molecule has 0 aromatic heterocycles. The van der Waals surface area contributed by atoms with Crippen molar-refractivity contribution in [2.24, 2.45) is 0 Å². The highest BCUT2D eigenvalue weighted by Gasteiger charge is 2.35. The number of rotatable bonds is 2. The maximum Gasteiger partial charge on any atom is 0.418 e. The van der Waals surface area contributed by atoms with Crippen LogP contribution in [0.25, 0.3) is 0 Å². The molecule has 1 fully saturated rings. The Hall–Kier alpha value is -1.86. The molecule has 0 radical (unpaired) electrons. The molecule has 0 bridgehead atoms. The van der Waals surface area contributed by atoms with E-state index in [1.54, 1.807) is 30.0 Å². The molecule has 0 aliphatic carbocycles. The average Bonchev–Trinajstić information content (AvgIpc) is 3.04. The Balaban J connectivity index is 1.82. The zero-order valence-electron chi connectivity index (χ0n) is 12.9. The van der Waals surface area contributed by atoms with E-state index >= 15 is 0 Å². The van der Waals surface area contributed by atoms with Crippen molar-refractivity contribution in [2.75, 3.05) is 17.6 Å². The fourth-order valence-corrected chi connectivity index (χ4v) is 4.08. The first-order valence-electron chi connectivity index (χ1n) is 7.47. The standard InChI is InChI=1S/C17H14ClF3N2OS/c18-12-5-3-4-11(10-12)15-23(8-9-25-15)16(24)22-14-7-2-1-6-13(14)17(19,20)21/h1-7,10,15H,8-9H2,(H,22,24). The van der Waals surface area contributed by atoms with Crippen LogP contribution in [-0.4, -0.2) is 23.2 Å². The van der Waals surface area contributed by atoms with Gasteiger partial charge in [-0.1, -0.05) is 35.9 Å². The zero-order valence-corrected chi connectivity index (χ0v) is 14.5. The minimum Gasteiger partial charge on any atom is -0.308 e. The highest BCUT2D eigenvalue weighted by molar-refractivity contribution is 7.99. The summed E-state index contributed by atoms with van der Waals surface area (Å²) in [6.45, 7) is 0.446. The number of para-hydroxylation sites is 1. The molecule has 1 atom stereocenters. The molecule has 2 aromatic rings. The lowest BCUT2D eigenvalue weighted by atomic mass is 10.1. The van der Waals surface area contributed by atoms with Crippen molar-refractivity contribution >= 4 is 35.1 Å². The van der Waals surface area contributed by atoms with Crippen molar-refractivity contribution < 1.29 is 18.0 Å². The summed E-state index contributed by atoms with van der Waals surface area (Å²) in [5, 5.41) is 2.66. The summed E-state index contributed by atoms with van der Waals surface area (Å²) >= 11 is 7.54. The molecule has 0 saturated carbocycles. The summed E-state index contributed by atoms with van der Waals surface area (Å²) in [5.41, 5.74) is -0.273. The third-order valence-corrected chi connectivity index (χ3v) is 5.26. The van der Waals surface area contributed by atoms with Gasteiger partial charge in [-0.3, -0.25) is 0 Å². The zero-order chi connectivity index (χ0) is 18.0. The van der Waals surface area contributed by atoms with Crippen LogP contribution in [0.2, 0.25) is 5.02 Å². The van der Waals surface area contributed by atoms with Gasteiger partial charge in [0.05, 0.1) is 11.3 Å². The van der Waals surface area contributed by atoms with E-state index in [9.17, 15) is 18.0 Å². The van der Waals surface area contributed by atoms with Crippen LogP contribution >= 0.6 is 23.4 Å². The van der Waals surface area contributed by atoms with Gasteiger partial charge >= 0.3 is 12.2 Å². The second-order valence-electron chi connectivity index (χ2n) is 5.45. The van der Waals surface area contributed by atoms with E-state index in [1.165, 1.54) is 23.1 Å². The lowest BCUT2D eigenvalue weighted by Crippen LogP contribution is -2.34. The van der Waals surface area contributed by atoms with E-state index in [1.807, 2.05) is 6.07 Å². The van der Waals surface area contributed by atoms with Crippen molar-refractivity contribution in [3.8, 4) is 0 Å². The largest absolute Gasteiger partial charge is 0.418 e. The maximum atomic E-state index is 13.1. The normalized spacial score (nSPS) is 17.6. The summed E-state index contributed by atoms with van der Waals surface area (Å²) in [5.74, 6) is 0.700. The van der Waals surface area contributed by atoms with Gasteiger partial charge in [0.15, 0.2) is 0 Å². The smallest absolute Gasteiger partial charge is 0.308 e. The summed E-state index contributed by atoms with van der Waals surface area (Å²) in [4.78, 5) is 14.1. The van der Waals surface area contributed by atoms with Crippen molar-refractivity contribution in [3.05, 3.63) is 64.7 Å². The Morgan fingerprint density at radius 2 is 1.96 bits per heavy atom. The molecule has 1 heterocycles. The molecule has 1 aliphatic heterocycles. The van der Waals surface area contributed by atoms with E-state index in [0.29, 0.717) is 17.3 Å². The van der Waals surface area contributed by atoms with Crippen LogP contribution in [0.1, 0.15) is 16.5 Å². The predicted molar refractivity (Wildman–Crippen MR) is 93.8 cm³/mol. The van der Waals surface area contributed by atoms with E-state index in [0.717, 1.165) is 11.6 Å². The van der Waals surface area contributed by atoms with Gasteiger partial charge in [-0.2, -0.15) is 13.2 Å². The highest BCUT2D eigenvalue weighted by atomic mass is 35.5. The number of hydrogen-bond acceptors (Lipinski definition) is 2. The number of carbonyl (C=O) groups excluding carboxylic acids is 1. The van der Waals surface area contributed by atoms with Crippen LogP contribution in [-0.2, 0) is 6.18 Å². The number of hydrogen-bond donors (Lipinski definition) is 1. The monoisotopic (exact) mass is 386 g/mol. The van der Waals surface area contributed by atoms with Crippen molar-refractivity contribution in [1.29, 1.82) is 0 Å². The molecule has 1 unspecified atom stereocenters. The number of halogens is 4. The van der Waals surface area contributed by atoms with Crippen LogP contribution in [0, 0.1) is 0 Å². The highest BCUT2D eigenvalue weighted by Crippen LogP contribution is 2.40. The Morgan fingerprint density at radius 3 is 2.68 bits per heavy atom. The first kappa shape index (κ1) is 17.9. The molecule has 3 rings (SSSR count). The molecular weight excluding hydrogens is 373 g/mol. The number of urea groups is 1. The number of nitrogens with zero attached hydrogens (tertiary/aromatic N) is 1. The minimum atomic E-state index is -4.53. The molecule has 2 amide bonds. The first-order chi connectivity index (χ1) is 11.9. The number of thioether (sulfide) groups is 1. The number of alkyl halides is 3. The quantitative estimate of drug-likeness (QED) is 0.724. The number of nitrogens with one attached hydrogen (secondary N) is 1. The third-order valence-electron chi connectivity index (χ3n) is 3.76. The Morgan fingerprint density at radius 1 is 1.20 bits per heavy atom. The number of benzene rings is 2. The van der Waals surface area contributed by atoms with Gasteiger partial charge in [-0.15, -0.1) is 11.8 Å². The fourth-order valence-electron chi connectivity index (χ4n) is 2.64. The summed E-state index contributed by atoms with van der Waals surface area (Å²) in [6.07, 6.45) is -4.53. The van der Waals surface area contributed by atoms with Crippen LogP contribution in [0.3, 0.4) is 0 Å². The van der Waals surface area contributed by atoms with Gasteiger partial charge in [-0.05, 0) is 29.8 Å². The van der Waals surface area contributed by atoms with Crippen molar-refractivity contribution in [1.82, 2.24) is 4.90 Å². The second kappa shape index (κ2) is 7.17. The van der Waals surface area contributed by atoms with E-state index in [-0.39, 0.29) is 11.1 Å². The Bertz CT molecular complexity index is 784. The molecule has 1 N–H and O–H groups in total. The fraction of sp³-hybridized carbons (Fsp3) is 0.235. The first-order valence-corrected chi connectivity index (χ1v) is 8.90. The summed E-state index contributed by atoms with van der Waals surface area (Å²) < 4.78 is 39.2. The molecule has 25 heavy (non-hydrogen) atoms. The van der Waals surface area contributed by atoms with Crippen molar-refractivity contribution in [2.45, 2.75) is 11.6 Å². The summed E-state index contributed by atoms with van der Waals surface area (Å²) in [7, 11) is 0. The van der Waals surface area contributed by atoms with Crippen LogP contribution in [0.15, 0.2) is 48.5 Å². The molecule has 1 saturated heterocycles. The number of carbonyl (C=O) groups is 1. The second-order valence-corrected chi connectivity index (χ2v) is 7.07. The molecule has 3 nitrogen and oxygen atoms in total. The van der Waals surface area contributed by atoms with Crippen LogP contribution < -0.4 is 5.32 Å². The van der Waals surface area contributed by atoms with Crippen molar-refractivity contribution in [3.63, 3.8) is 0 Å². The van der Waals surface area contributed by atoms with Crippen LogP contribution in [0.5, 0.6) is 0 Å². The van der Waals surface area contributed by atoms with E-state index < -0.39 is 17.8 Å². The molecular formula is C17H14ClF3N2OS. The molecule has 8 heteroatoms. The van der Waals surface area contributed by atoms with Gasteiger partial charge in [0, 0.05) is 17.3 Å². The topological polar surface area (TPSA) is 32.3 Å². The van der Waals surface area contributed by atoms with Gasteiger partial charge in [0.2, 0.25) is 0 Å². The molecule has 2 aromatic carbocycles. The Labute approximate surface area is 152 Å². The van der Waals surface area contributed by atoms with E-state index in [2.05, 4.69) is 5.32 Å². The molecule has 0 spiro atoms. The summed E-state index contributed by atoms with van der Waals surface area (Å²) in [6, 6.07) is 11.5. The lowest BCUT2D eigenvalue weighted by molar-refractivity contribution is -0.136. The number of amides is 2. The van der Waals surface area contributed by atoms with Gasteiger partial charge in [0.1, 0.15) is 5.37 Å². The van der Waals surface area contributed by atoms with Crippen LogP contribution in [0.4, 0.5) is 23.7 Å². The maximum absolute atomic E-state index is 13.1. The van der Waals surface area contributed by atoms with E-state index in [4.69, 9.17) is 11.6 Å². The molecule has 132 valence electrons. The SMILES string of the molecule is O=C(Nc1ccccc1C(F)(F)F)N1CCSC1c1cccc(Cl)c1. The van der Waals surface area contributed by atoms with Gasteiger partial charge < -0.3 is 10.2 Å². The van der Waals surface area contributed by atoms with Gasteiger partial charge in [-0.25, -0.2) is 4.79 Å². The van der Waals surface area contributed by atoms with Gasteiger partial charge in [0.25, 0.3) is 0 Å². The lowest BCUT2D eigenvalue weighted by Gasteiger charge is -2.25. The minimum absolute atomic E-state index is 0.248. The molecule has 1 aliphatic rings. The Kier molecular flexibility index (Phi) is 5.15. The predicted octanol–water partition coefficient (Wildman–Crippen LogP) is 5.64. The third kappa shape index (κ3) is 4.04. The number of anilines is 1. The average molecular weight is 387 g/mol.